The van der Waals surface area contributed by atoms with E-state index in [0.29, 0.717) is 5.69 Å². The van der Waals surface area contributed by atoms with Crippen LogP contribution in [0.4, 0.5) is 0 Å². The number of rotatable bonds is 11. The van der Waals surface area contributed by atoms with Crippen LogP contribution in [0.3, 0.4) is 0 Å². The maximum Gasteiger partial charge on any atom is 0.327 e. The molecule has 156 valence electrons. The van der Waals surface area contributed by atoms with E-state index >= 15 is 0 Å². The molecule has 1 rings (SSSR count). The van der Waals surface area contributed by atoms with Gasteiger partial charge in [0.15, 0.2) is 0 Å². The lowest BCUT2D eigenvalue weighted by molar-refractivity contribution is -0.142. The minimum atomic E-state index is -1.41. The standard InChI is InChI=1S/C15H24N6O6S/c1-7(22)12(14(25)20-10(5-28)15(26)27)21-11(23)4-18-13(24)9(16)2-8-3-17-6-19-8/h3,6-7,9-10,12,22,28H,2,4-5,16H2,1H3,(H,17,19)(H,18,24)(H,20,25)(H,21,23)(H,26,27). The number of aromatic amines is 1. The molecule has 0 aliphatic heterocycles. The number of thiol groups is 1. The van der Waals surface area contributed by atoms with Gasteiger partial charge in [0.25, 0.3) is 0 Å². The zero-order valence-corrected chi connectivity index (χ0v) is 16.0. The van der Waals surface area contributed by atoms with Crippen molar-refractivity contribution in [1.29, 1.82) is 0 Å². The Labute approximate surface area is 166 Å². The summed E-state index contributed by atoms with van der Waals surface area (Å²) >= 11 is 3.82. The van der Waals surface area contributed by atoms with E-state index in [2.05, 4.69) is 38.5 Å². The van der Waals surface area contributed by atoms with Gasteiger partial charge in [-0.1, -0.05) is 0 Å². The number of hydrogen-bond donors (Lipinski definition) is 8. The Kier molecular flexibility index (Phi) is 9.41. The van der Waals surface area contributed by atoms with Crippen molar-refractivity contribution in [1.82, 2.24) is 25.9 Å². The van der Waals surface area contributed by atoms with Gasteiger partial charge in [-0.15, -0.1) is 0 Å². The maximum atomic E-state index is 12.1. The summed E-state index contributed by atoms with van der Waals surface area (Å²) in [5, 5.41) is 25.3. The summed E-state index contributed by atoms with van der Waals surface area (Å²) < 4.78 is 0. The molecular formula is C15H24N6O6S. The van der Waals surface area contributed by atoms with Gasteiger partial charge in [-0.3, -0.25) is 14.4 Å². The molecule has 28 heavy (non-hydrogen) atoms. The van der Waals surface area contributed by atoms with Crippen LogP contribution in [0.2, 0.25) is 0 Å². The molecule has 0 aromatic carbocycles. The Morgan fingerprint density at radius 1 is 1.29 bits per heavy atom. The lowest BCUT2D eigenvalue weighted by Crippen LogP contribution is -2.57. The van der Waals surface area contributed by atoms with Crippen molar-refractivity contribution in [3.05, 3.63) is 18.2 Å². The molecule has 3 amide bonds. The number of aliphatic carboxylic acids is 1. The first-order valence-electron chi connectivity index (χ1n) is 8.27. The van der Waals surface area contributed by atoms with Gasteiger partial charge in [-0.2, -0.15) is 12.6 Å². The number of carbonyl (C=O) groups excluding carboxylic acids is 3. The van der Waals surface area contributed by atoms with Gasteiger partial charge in [-0.25, -0.2) is 9.78 Å². The van der Waals surface area contributed by atoms with E-state index in [9.17, 15) is 24.3 Å². The quantitative estimate of drug-likeness (QED) is 0.172. The molecule has 0 aliphatic rings. The van der Waals surface area contributed by atoms with Gasteiger partial charge in [0.2, 0.25) is 17.7 Å². The van der Waals surface area contributed by atoms with Crippen molar-refractivity contribution in [2.45, 2.75) is 37.6 Å². The summed E-state index contributed by atoms with van der Waals surface area (Å²) in [4.78, 5) is 53.6. The maximum absolute atomic E-state index is 12.1. The molecule has 0 spiro atoms. The fraction of sp³-hybridized carbons (Fsp3) is 0.533. The first-order valence-corrected chi connectivity index (χ1v) is 8.91. The summed E-state index contributed by atoms with van der Waals surface area (Å²) in [6, 6.07) is -3.62. The number of aliphatic hydroxyl groups is 1. The molecule has 1 aromatic rings. The van der Waals surface area contributed by atoms with Crippen molar-refractivity contribution >= 4 is 36.3 Å². The van der Waals surface area contributed by atoms with Crippen LogP contribution < -0.4 is 21.7 Å². The molecular weight excluding hydrogens is 392 g/mol. The highest BCUT2D eigenvalue weighted by Gasteiger charge is 2.29. The predicted molar refractivity (Wildman–Crippen MR) is 100 cm³/mol. The van der Waals surface area contributed by atoms with Gasteiger partial charge in [0.05, 0.1) is 25.0 Å². The lowest BCUT2D eigenvalue weighted by Gasteiger charge is -2.23. The number of aromatic nitrogens is 2. The van der Waals surface area contributed by atoms with Crippen molar-refractivity contribution in [3.8, 4) is 0 Å². The molecule has 0 fully saturated rings. The van der Waals surface area contributed by atoms with Crippen LogP contribution in [0.25, 0.3) is 0 Å². The Hall–Kier alpha value is -2.64. The number of carbonyl (C=O) groups is 4. The number of carboxylic acid groups (broad SMARTS) is 1. The van der Waals surface area contributed by atoms with E-state index in [1.807, 2.05) is 0 Å². The third-order valence-electron chi connectivity index (χ3n) is 3.63. The molecule has 8 N–H and O–H groups in total. The Morgan fingerprint density at radius 3 is 2.46 bits per heavy atom. The fourth-order valence-electron chi connectivity index (χ4n) is 2.10. The molecule has 1 heterocycles. The van der Waals surface area contributed by atoms with E-state index in [-0.39, 0.29) is 12.2 Å². The predicted octanol–water partition coefficient (Wildman–Crippen LogP) is -3.24. The minimum Gasteiger partial charge on any atom is -0.480 e. The smallest absolute Gasteiger partial charge is 0.327 e. The van der Waals surface area contributed by atoms with Crippen LogP contribution in [0, 0.1) is 0 Å². The zero-order chi connectivity index (χ0) is 21.3. The van der Waals surface area contributed by atoms with Gasteiger partial charge in [0.1, 0.15) is 12.1 Å². The highest BCUT2D eigenvalue weighted by Crippen LogP contribution is 1.98. The van der Waals surface area contributed by atoms with E-state index in [0.717, 1.165) is 0 Å². The second-order valence-corrected chi connectivity index (χ2v) is 6.34. The topological polar surface area (TPSA) is 200 Å². The number of carboxylic acids is 1. The largest absolute Gasteiger partial charge is 0.480 e. The number of nitrogens with two attached hydrogens (primary N) is 1. The number of aliphatic hydroxyl groups excluding tert-OH is 1. The monoisotopic (exact) mass is 416 g/mol. The van der Waals surface area contributed by atoms with E-state index in [4.69, 9.17) is 10.8 Å². The average Bonchev–Trinajstić information content (AvgIpc) is 3.14. The molecule has 13 heteroatoms. The van der Waals surface area contributed by atoms with Gasteiger partial charge in [-0.05, 0) is 6.92 Å². The van der Waals surface area contributed by atoms with E-state index in [1.165, 1.54) is 19.4 Å². The number of H-pyrrole nitrogens is 1. The van der Waals surface area contributed by atoms with Crippen LogP contribution in [0.15, 0.2) is 12.5 Å². The fourth-order valence-corrected chi connectivity index (χ4v) is 2.35. The van der Waals surface area contributed by atoms with Crippen molar-refractivity contribution in [3.63, 3.8) is 0 Å². The number of imidazole rings is 1. The molecule has 0 radical (unpaired) electrons. The molecule has 0 saturated carbocycles. The molecule has 4 atom stereocenters. The first-order chi connectivity index (χ1) is 13.1. The van der Waals surface area contributed by atoms with Gasteiger partial charge in [0, 0.05) is 24.1 Å². The van der Waals surface area contributed by atoms with Crippen LogP contribution in [-0.2, 0) is 25.6 Å². The summed E-state index contributed by atoms with van der Waals surface area (Å²) in [6.07, 6.45) is 1.83. The third kappa shape index (κ3) is 7.54. The van der Waals surface area contributed by atoms with Gasteiger partial charge >= 0.3 is 5.97 Å². The minimum absolute atomic E-state index is 0.175. The Bertz CT molecular complexity index is 683. The molecule has 12 nitrogen and oxygen atoms in total. The SMILES string of the molecule is CC(O)C(NC(=O)CNC(=O)C(N)Cc1cnc[nH]1)C(=O)NC(CS)C(=O)O. The number of amides is 3. The third-order valence-corrected chi connectivity index (χ3v) is 4.00. The summed E-state index contributed by atoms with van der Waals surface area (Å²) in [7, 11) is 0. The number of nitrogens with zero attached hydrogens (tertiary/aromatic N) is 1. The molecule has 0 saturated heterocycles. The van der Waals surface area contributed by atoms with Crippen LogP contribution >= 0.6 is 12.6 Å². The van der Waals surface area contributed by atoms with Crippen molar-refractivity contribution in [2.24, 2.45) is 5.73 Å². The number of nitrogens with one attached hydrogen (secondary N) is 4. The van der Waals surface area contributed by atoms with Crippen molar-refractivity contribution < 1.29 is 29.4 Å². The summed E-state index contributed by atoms with van der Waals surface area (Å²) in [5.41, 5.74) is 6.38. The van der Waals surface area contributed by atoms with Gasteiger partial charge < -0.3 is 36.9 Å². The Balaban J connectivity index is 2.53. The second-order valence-electron chi connectivity index (χ2n) is 5.97. The van der Waals surface area contributed by atoms with Crippen LogP contribution in [0.5, 0.6) is 0 Å². The number of hydrogen-bond acceptors (Lipinski definition) is 8. The van der Waals surface area contributed by atoms with Crippen molar-refractivity contribution in [2.75, 3.05) is 12.3 Å². The average molecular weight is 416 g/mol. The molecule has 0 bridgehead atoms. The Morgan fingerprint density at radius 2 is 1.96 bits per heavy atom. The zero-order valence-electron chi connectivity index (χ0n) is 15.1. The van der Waals surface area contributed by atoms with E-state index in [1.54, 1.807) is 0 Å². The lowest BCUT2D eigenvalue weighted by atomic mass is 10.1. The molecule has 0 aliphatic carbocycles. The highest BCUT2D eigenvalue weighted by molar-refractivity contribution is 7.80. The van der Waals surface area contributed by atoms with E-state index < -0.39 is 54.5 Å². The normalized spacial score (nSPS) is 15.0. The summed E-state index contributed by atoms with van der Waals surface area (Å²) in [5.74, 6) is -3.74. The first kappa shape index (κ1) is 23.4. The molecule has 4 unspecified atom stereocenters. The van der Waals surface area contributed by atoms with Crippen LogP contribution in [0.1, 0.15) is 12.6 Å². The molecule has 1 aromatic heterocycles. The van der Waals surface area contributed by atoms with Crippen LogP contribution in [-0.4, -0.2) is 80.4 Å². The highest BCUT2D eigenvalue weighted by atomic mass is 32.1. The second kappa shape index (κ2) is 11.3. The summed E-state index contributed by atoms with van der Waals surface area (Å²) in [6.45, 7) is 0.765.